The zero-order chi connectivity index (χ0) is 16.8. The Labute approximate surface area is 137 Å². The molecule has 0 radical (unpaired) electrons. The summed E-state index contributed by atoms with van der Waals surface area (Å²) in [6, 6.07) is 0. The first kappa shape index (κ1) is 17.3. The SMILES string of the molecule is CCNC(=NCC(C)C(=O)OC)N1CCC(c2cnn(C)c2)C1. The number of carbonyl (C=O) groups is 1. The van der Waals surface area contributed by atoms with E-state index in [1.165, 1.54) is 12.7 Å². The van der Waals surface area contributed by atoms with Crippen LogP contribution in [-0.2, 0) is 16.6 Å². The Morgan fingerprint density at radius 1 is 1.61 bits per heavy atom. The van der Waals surface area contributed by atoms with Gasteiger partial charge in [0.1, 0.15) is 0 Å². The molecule has 2 rings (SSSR count). The molecule has 2 atom stereocenters. The zero-order valence-electron chi connectivity index (χ0n) is 14.5. The number of carbonyl (C=O) groups excluding carboxylic acids is 1. The second-order valence-corrected chi connectivity index (χ2v) is 6.00. The number of hydrogen-bond donors (Lipinski definition) is 1. The van der Waals surface area contributed by atoms with Gasteiger partial charge in [0.05, 0.1) is 25.8 Å². The normalized spacial score (nSPS) is 19.7. The van der Waals surface area contributed by atoms with Crippen LogP contribution in [0.1, 0.15) is 31.7 Å². The van der Waals surface area contributed by atoms with Crippen molar-refractivity contribution in [1.82, 2.24) is 20.0 Å². The standard InChI is InChI=1S/C16H27N5O2/c1-5-17-16(18-8-12(2)15(22)23-4)21-7-6-13(11-21)14-9-19-20(3)10-14/h9-10,12-13H,5-8,11H2,1-4H3,(H,17,18). The first-order valence-electron chi connectivity index (χ1n) is 8.14. The molecule has 1 aromatic heterocycles. The topological polar surface area (TPSA) is 71.8 Å². The van der Waals surface area contributed by atoms with Gasteiger partial charge in [0, 0.05) is 38.8 Å². The number of aliphatic imine (C=N–C) groups is 1. The molecular formula is C16H27N5O2. The van der Waals surface area contributed by atoms with Gasteiger partial charge in [0.2, 0.25) is 0 Å². The summed E-state index contributed by atoms with van der Waals surface area (Å²) < 4.78 is 6.60. The third-order valence-electron chi connectivity index (χ3n) is 4.14. The van der Waals surface area contributed by atoms with Crippen LogP contribution in [0.15, 0.2) is 17.4 Å². The first-order chi connectivity index (χ1) is 11.0. The Kier molecular flexibility index (Phi) is 6.01. The molecular weight excluding hydrogens is 294 g/mol. The molecule has 0 aromatic carbocycles. The van der Waals surface area contributed by atoms with Crippen LogP contribution < -0.4 is 5.32 Å². The Balaban J connectivity index is 1.99. The third-order valence-corrected chi connectivity index (χ3v) is 4.14. The summed E-state index contributed by atoms with van der Waals surface area (Å²) in [5, 5.41) is 7.57. The monoisotopic (exact) mass is 321 g/mol. The first-order valence-corrected chi connectivity index (χ1v) is 8.14. The van der Waals surface area contributed by atoms with E-state index in [4.69, 9.17) is 4.74 Å². The molecule has 0 bridgehead atoms. The molecule has 1 aliphatic heterocycles. The molecule has 1 saturated heterocycles. The molecule has 7 heteroatoms. The van der Waals surface area contributed by atoms with Crippen molar-refractivity contribution in [2.45, 2.75) is 26.2 Å². The highest BCUT2D eigenvalue weighted by Crippen LogP contribution is 2.26. The Bertz CT molecular complexity index is 554. The van der Waals surface area contributed by atoms with Gasteiger partial charge in [-0.1, -0.05) is 6.92 Å². The number of methoxy groups -OCH3 is 1. The summed E-state index contributed by atoms with van der Waals surface area (Å²) in [7, 11) is 3.35. The molecule has 1 aromatic rings. The van der Waals surface area contributed by atoms with Gasteiger partial charge < -0.3 is 15.0 Å². The number of nitrogens with one attached hydrogen (secondary N) is 1. The summed E-state index contributed by atoms with van der Waals surface area (Å²) >= 11 is 0. The molecule has 1 N–H and O–H groups in total. The predicted octanol–water partition coefficient (Wildman–Crippen LogP) is 0.984. The van der Waals surface area contributed by atoms with E-state index in [1.54, 1.807) is 0 Å². The number of aryl methyl sites for hydroxylation is 1. The van der Waals surface area contributed by atoms with E-state index in [0.29, 0.717) is 12.5 Å². The number of hydrogen-bond acceptors (Lipinski definition) is 4. The molecule has 7 nitrogen and oxygen atoms in total. The number of nitrogens with zero attached hydrogens (tertiary/aromatic N) is 4. The van der Waals surface area contributed by atoms with Gasteiger partial charge in [0.15, 0.2) is 5.96 Å². The number of ether oxygens (including phenoxy) is 1. The largest absolute Gasteiger partial charge is 0.469 e. The van der Waals surface area contributed by atoms with Crippen molar-refractivity contribution in [3.05, 3.63) is 18.0 Å². The number of guanidine groups is 1. The quantitative estimate of drug-likeness (QED) is 0.497. The lowest BCUT2D eigenvalue weighted by Gasteiger charge is -2.22. The number of rotatable bonds is 5. The summed E-state index contributed by atoms with van der Waals surface area (Å²) in [5.74, 6) is 0.893. The van der Waals surface area contributed by atoms with E-state index < -0.39 is 0 Å². The van der Waals surface area contributed by atoms with Crippen molar-refractivity contribution < 1.29 is 9.53 Å². The molecule has 0 spiro atoms. The lowest BCUT2D eigenvalue weighted by atomic mass is 10.0. The smallest absolute Gasteiger partial charge is 0.310 e. The average molecular weight is 321 g/mol. The van der Waals surface area contributed by atoms with Crippen LogP contribution in [-0.4, -0.2) is 59.9 Å². The highest BCUT2D eigenvalue weighted by molar-refractivity contribution is 5.81. The molecule has 23 heavy (non-hydrogen) atoms. The lowest BCUT2D eigenvalue weighted by molar-refractivity contribution is -0.144. The molecule has 128 valence electrons. The van der Waals surface area contributed by atoms with E-state index in [1.807, 2.05) is 31.8 Å². The van der Waals surface area contributed by atoms with Crippen LogP contribution >= 0.6 is 0 Å². The molecule has 2 unspecified atom stereocenters. The van der Waals surface area contributed by atoms with Gasteiger partial charge >= 0.3 is 5.97 Å². The molecule has 1 fully saturated rings. The second kappa shape index (κ2) is 7.99. The maximum Gasteiger partial charge on any atom is 0.310 e. The fourth-order valence-corrected chi connectivity index (χ4v) is 2.80. The third kappa shape index (κ3) is 4.46. The van der Waals surface area contributed by atoms with E-state index in [0.717, 1.165) is 32.0 Å². The zero-order valence-corrected chi connectivity index (χ0v) is 14.5. The van der Waals surface area contributed by atoms with E-state index >= 15 is 0 Å². The van der Waals surface area contributed by atoms with Gasteiger partial charge in [-0.3, -0.25) is 14.5 Å². The lowest BCUT2D eigenvalue weighted by Crippen LogP contribution is -2.40. The second-order valence-electron chi connectivity index (χ2n) is 6.00. The van der Waals surface area contributed by atoms with Gasteiger partial charge in [-0.15, -0.1) is 0 Å². The van der Waals surface area contributed by atoms with Gasteiger partial charge in [-0.2, -0.15) is 5.10 Å². The van der Waals surface area contributed by atoms with E-state index in [2.05, 4.69) is 26.5 Å². The van der Waals surface area contributed by atoms with Crippen molar-refractivity contribution in [3.63, 3.8) is 0 Å². The number of aromatic nitrogens is 2. The van der Waals surface area contributed by atoms with Gasteiger partial charge in [0.25, 0.3) is 0 Å². The van der Waals surface area contributed by atoms with Crippen LogP contribution in [0.25, 0.3) is 0 Å². The molecule has 0 aliphatic carbocycles. The van der Waals surface area contributed by atoms with Crippen LogP contribution in [0, 0.1) is 5.92 Å². The Morgan fingerprint density at radius 3 is 3.00 bits per heavy atom. The molecule has 0 amide bonds. The Morgan fingerprint density at radius 2 is 2.39 bits per heavy atom. The Hall–Kier alpha value is -2.05. The average Bonchev–Trinajstić information content (AvgIpc) is 3.19. The fourth-order valence-electron chi connectivity index (χ4n) is 2.80. The summed E-state index contributed by atoms with van der Waals surface area (Å²) in [5.41, 5.74) is 1.27. The predicted molar refractivity (Wildman–Crippen MR) is 89.3 cm³/mol. The van der Waals surface area contributed by atoms with Crippen LogP contribution in [0.5, 0.6) is 0 Å². The van der Waals surface area contributed by atoms with Gasteiger partial charge in [-0.05, 0) is 18.9 Å². The van der Waals surface area contributed by atoms with Gasteiger partial charge in [-0.25, -0.2) is 0 Å². The number of likely N-dealkylation sites (tertiary alicyclic amines) is 1. The molecule has 2 heterocycles. The number of esters is 1. The highest BCUT2D eigenvalue weighted by Gasteiger charge is 2.27. The maximum atomic E-state index is 11.5. The van der Waals surface area contributed by atoms with Crippen molar-refractivity contribution in [2.24, 2.45) is 18.0 Å². The minimum atomic E-state index is -0.231. The van der Waals surface area contributed by atoms with Crippen LogP contribution in [0.2, 0.25) is 0 Å². The van der Waals surface area contributed by atoms with Crippen molar-refractivity contribution in [2.75, 3.05) is 33.3 Å². The summed E-state index contributed by atoms with van der Waals surface area (Å²) in [6.45, 7) is 7.00. The summed E-state index contributed by atoms with van der Waals surface area (Å²) in [6.07, 6.45) is 5.11. The van der Waals surface area contributed by atoms with Crippen LogP contribution in [0.3, 0.4) is 0 Å². The fraction of sp³-hybridized carbons (Fsp3) is 0.688. The molecule has 1 aliphatic rings. The van der Waals surface area contributed by atoms with Crippen molar-refractivity contribution >= 4 is 11.9 Å². The minimum absolute atomic E-state index is 0.223. The van der Waals surface area contributed by atoms with Crippen molar-refractivity contribution in [3.8, 4) is 0 Å². The van der Waals surface area contributed by atoms with Crippen molar-refractivity contribution in [1.29, 1.82) is 0 Å². The van der Waals surface area contributed by atoms with E-state index in [-0.39, 0.29) is 11.9 Å². The van der Waals surface area contributed by atoms with Crippen LogP contribution in [0.4, 0.5) is 0 Å². The maximum absolute atomic E-state index is 11.5. The summed E-state index contributed by atoms with van der Waals surface area (Å²) in [4.78, 5) is 18.4. The molecule has 0 saturated carbocycles. The highest BCUT2D eigenvalue weighted by atomic mass is 16.5. The van der Waals surface area contributed by atoms with E-state index in [9.17, 15) is 4.79 Å². The minimum Gasteiger partial charge on any atom is -0.469 e.